The number of anilines is 1. The van der Waals surface area contributed by atoms with Gasteiger partial charge in [0.2, 0.25) is 0 Å². The van der Waals surface area contributed by atoms with Gasteiger partial charge in [0.15, 0.2) is 0 Å². The third kappa shape index (κ3) is 3.15. The van der Waals surface area contributed by atoms with Crippen molar-refractivity contribution in [2.24, 2.45) is 11.7 Å². The van der Waals surface area contributed by atoms with Crippen molar-refractivity contribution < 1.29 is 0 Å². The molecule has 0 saturated carbocycles. The summed E-state index contributed by atoms with van der Waals surface area (Å²) in [6.07, 6.45) is 2.20. The first-order valence-electron chi connectivity index (χ1n) is 7.09. The van der Waals surface area contributed by atoms with E-state index < -0.39 is 0 Å². The molecule has 106 valence electrons. The first-order valence-corrected chi connectivity index (χ1v) is 7.09. The Morgan fingerprint density at radius 2 is 2.32 bits per heavy atom. The third-order valence-corrected chi connectivity index (χ3v) is 3.84. The van der Waals surface area contributed by atoms with Crippen LogP contribution < -0.4 is 16.2 Å². The van der Waals surface area contributed by atoms with Crippen molar-refractivity contribution in [3.63, 3.8) is 0 Å². The predicted octanol–water partition coefficient (Wildman–Crippen LogP) is 1.46. The number of nitrogens with zero attached hydrogens (tertiary/aromatic N) is 2. The van der Waals surface area contributed by atoms with E-state index >= 15 is 0 Å². The predicted molar refractivity (Wildman–Crippen MR) is 77.5 cm³/mol. The van der Waals surface area contributed by atoms with Crippen LogP contribution in [0.4, 0.5) is 5.82 Å². The molecule has 1 aromatic rings. The lowest BCUT2D eigenvalue weighted by atomic mass is 9.92. The number of H-pyrrole nitrogens is 1. The van der Waals surface area contributed by atoms with Crippen LogP contribution in [0, 0.1) is 5.92 Å². The second-order valence-electron chi connectivity index (χ2n) is 5.86. The van der Waals surface area contributed by atoms with Crippen molar-refractivity contribution in [2.75, 3.05) is 18.0 Å². The van der Waals surface area contributed by atoms with Gasteiger partial charge in [0.05, 0.1) is 0 Å². The molecule has 1 aliphatic rings. The fourth-order valence-corrected chi connectivity index (χ4v) is 2.66. The molecule has 0 radical (unpaired) electrons. The number of nitrogens with two attached hydrogens (primary N) is 1. The van der Waals surface area contributed by atoms with Crippen LogP contribution in [0.15, 0.2) is 10.9 Å². The summed E-state index contributed by atoms with van der Waals surface area (Å²) in [7, 11) is 0. The largest absolute Gasteiger partial charge is 0.352 e. The van der Waals surface area contributed by atoms with Gasteiger partial charge in [-0.15, -0.1) is 0 Å². The van der Waals surface area contributed by atoms with E-state index in [-0.39, 0.29) is 17.5 Å². The van der Waals surface area contributed by atoms with Crippen LogP contribution in [0.5, 0.6) is 0 Å². The van der Waals surface area contributed by atoms with Crippen LogP contribution >= 0.6 is 0 Å². The van der Waals surface area contributed by atoms with Gasteiger partial charge in [-0.2, -0.15) is 0 Å². The average Bonchev–Trinajstić information content (AvgIpc) is 2.37. The van der Waals surface area contributed by atoms with E-state index in [0.717, 1.165) is 31.0 Å². The molecule has 2 atom stereocenters. The number of aromatic nitrogens is 2. The van der Waals surface area contributed by atoms with E-state index in [2.05, 4.69) is 21.8 Å². The first kappa shape index (κ1) is 14.1. The highest BCUT2D eigenvalue weighted by atomic mass is 16.1. The summed E-state index contributed by atoms with van der Waals surface area (Å²) < 4.78 is 0. The fraction of sp³-hybridized carbons (Fsp3) is 0.714. The fourth-order valence-electron chi connectivity index (χ4n) is 2.66. The van der Waals surface area contributed by atoms with Crippen molar-refractivity contribution in [1.82, 2.24) is 9.97 Å². The third-order valence-electron chi connectivity index (χ3n) is 3.84. The lowest BCUT2D eigenvalue weighted by Gasteiger charge is -2.38. The zero-order valence-electron chi connectivity index (χ0n) is 12.0. The Morgan fingerprint density at radius 3 is 2.95 bits per heavy atom. The topological polar surface area (TPSA) is 75.0 Å². The van der Waals surface area contributed by atoms with Crippen molar-refractivity contribution in [1.29, 1.82) is 0 Å². The second kappa shape index (κ2) is 5.74. The van der Waals surface area contributed by atoms with E-state index in [9.17, 15) is 4.79 Å². The Hall–Kier alpha value is -1.36. The van der Waals surface area contributed by atoms with Gasteiger partial charge in [-0.05, 0) is 18.8 Å². The summed E-state index contributed by atoms with van der Waals surface area (Å²) in [5, 5.41) is 0. The van der Waals surface area contributed by atoms with Gasteiger partial charge in [-0.1, -0.05) is 20.8 Å². The van der Waals surface area contributed by atoms with Gasteiger partial charge < -0.3 is 15.6 Å². The van der Waals surface area contributed by atoms with Crippen molar-refractivity contribution in [2.45, 2.75) is 45.6 Å². The second-order valence-corrected chi connectivity index (χ2v) is 5.86. The van der Waals surface area contributed by atoms with E-state index in [1.807, 2.05) is 13.8 Å². The molecule has 0 aromatic carbocycles. The maximum absolute atomic E-state index is 11.8. The van der Waals surface area contributed by atoms with E-state index in [4.69, 9.17) is 5.73 Å². The monoisotopic (exact) mass is 264 g/mol. The summed E-state index contributed by atoms with van der Waals surface area (Å²) >= 11 is 0. The number of hydrogen-bond donors (Lipinski definition) is 2. The summed E-state index contributed by atoms with van der Waals surface area (Å²) in [5.41, 5.74) is 5.79. The molecule has 2 heterocycles. The van der Waals surface area contributed by atoms with E-state index in [1.54, 1.807) is 6.07 Å². The molecule has 5 heteroatoms. The normalized spacial score (nSPS) is 23.9. The average molecular weight is 264 g/mol. The summed E-state index contributed by atoms with van der Waals surface area (Å²) in [5.74, 6) is 2.43. The van der Waals surface area contributed by atoms with Crippen molar-refractivity contribution in [3.8, 4) is 0 Å². The number of rotatable bonds is 3. The van der Waals surface area contributed by atoms with E-state index in [1.165, 1.54) is 0 Å². The highest BCUT2D eigenvalue weighted by Gasteiger charge is 2.26. The minimum atomic E-state index is -0.0805. The molecule has 2 rings (SSSR count). The number of aromatic amines is 1. The van der Waals surface area contributed by atoms with Gasteiger partial charge in [0.25, 0.3) is 5.56 Å². The molecule has 0 aliphatic carbocycles. The quantitative estimate of drug-likeness (QED) is 0.866. The summed E-state index contributed by atoms with van der Waals surface area (Å²) in [6.45, 7) is 7.85. The molecule has 2 unspecified atom stereocenters. The first-order chi connectivity index (χ1) is 9.01. The number of hydrogen-bond acceptors (Lipinski definition) is 4. The van der Waals surface area contributed by atoms with Crippen LogP contribution in [-0.2, 0) is 0 Å². The highest BCUT2D eigenvalue weighted by Crippen LogP contribution is 2.26. The molecule has 19 heavy (non-hydrogen) atoms. The molecule has 0 spiro atoms. The molecular formula is C14H24N4O. The van der Waals surface area contributed by atoms with E-state index in [0.29, 0.717) is 12.5 Å². The number of piperidine rings is 1. The van der Waals surface area contributed by atoms with Gasteiger partial charge in [-0.3, -0.25) is 4.79 Å². The van der Waals surface area contributed by atoms with Gasteiger partial charge in [-0.25, -0.2) is 4.98 Å². The smallest absolute Gasteiger partial charge is 0.252 e. The lowest BCUT2D eigenvalue weighted by Crippen LogP contribution is -2.47. The molecule has 1 aromatic heterocycles. The van der Waals surface area contributed by atoms with Gasteiger partial charge in [0.1, 0.15) is 11.6 Å². The Bertz CT molecular complexity index is 483. The van der Waals surface area contributed by atoms with Gasteiger partial charge >= 0.3 is 0 Å². The zero-order valence-corrected chi connectivity index (χ0v) is 12.0. The molecule has 0 amide bonds. The molecule has 3 N–H and O–H groups in total. The maximum Gasteiger partial charge on any atom is 0.252 e. The number of nitrogens with one attached hydrogen (secondary N) is 1. The van der Waals surface area contributed by atoms with Crippen molar-refractivity contribution >= 4 is 5.82 Å². The minimum Gasteiger partial charge on any atom is -0.352 e. The van der Waals surface area contributed by atoms with Crippen LogP contribution in [0.1, 0.15) is 45.4 Å². The van der Waals surface area contributed by atoms with Gasteiger partial charge in [0, 0.05) is 31.1 Å². The highest BCUT2D eigenvalue weighted by molar-refractivity contribution is 5.40. The van der Waals surface area contributed by atoms with Crippen LogP contribution in [0.3, 0.4) is 0 Å². The minimum absolute atomic E-state index is 0.0805. The molecule has 1 saturated heterocycles. The SMILES string of the molecule is CC1CCN(c2cc(=O)[nH]c(C(C)C)n2)C(CN)C1. The summed E-state index contributed by atoms with van der Waals surface area (Å²) in [6, 6.07) is 1.88. The Balaban J connectivity index is 2.32. The molecule has 1 fully saturated rings. The maximum atomic E-state index is 11.8. The molecule has 5 nitrogen and oxygen atoms in total. The van der Waals surface area contributed by atoms with Crippen LogP contribution in [0.2, 0.25) is 0 Å². The zero-order chi connectivity index (χ0) is 14.0. The Morgan fingerprint density at radius 1 is 1.58 bits per heavy atom. The Kier molecular flexibility index (Phi) is 4.24. The molecule has 1 aliphatic heterocycles. The van der Waals surface area contributed by atoms with Crippen LogP contribution in [-0.4, -0.2) is 29.1 Å². The van der Waals surface area contributed by atoms with Crippen LogP contribution in [0.25, 0.3) is 0 Å². The Labute approximate surface area is 114 Å². The summed E-state index contributed by atoms with van der Waals surface area (Å²) in [4.78, 5) is 21.4. The standard InChI is InChI=1S/C14H24N4O/c1-9(2)14-16-12(7-13(19)17-14)18-5-4-10(3)6-11(18)8-15/h7,9-11H,4-6,8,15H2,1-3H3,(H,16,17,19). The lowest BCUT2D eigenvalue weighted by molar-refractivity contribution is 0.364. The molecular weight excluding hydrogens is 240 g/mol. The molecule has 0 bridgehead atoms. The van der Waals surface area contributed by atoms with Crippen molar-refractivity contribution in [3.05, 3.63) is 22.2 Å².